The molecule has 0 bridgehead atoms. The first-order valence-electron chi connectivity index (χ1n) is 12.2. The van der Waals surface area contributed by atoms with E-state index >= 15 is 0 Å². The summed E-state index contributed by atoms with van der Waals surface area (Å²) in [5.41, 5.74) is 3.67. The van der Waals surface area contributed by atoms with Crippen LogP contribution >= 0.6 is 0 Å². The minimum Gasteiger partial charge on any atom is -0.467 e. The van der Waals surface area contributed by atoms with Crippen LogP contribution in [0, 0.1) is 12.7 Å². The number of carbonyl (C=O) groups excluding carboxylic acids is 2. The second kappa shape index (κ2) is 10.0. The van der Waals surface area contributed by atoms with Crippen molar-refractivity contribution in [1.82, 2.24) is 25.4 Å². The van der Waals surface area contributed by atoms with Gasteiger partial charge < -0.3 is 19.9 Å². The lowest BCUT2D eigenvalue weighted by Gasteiger charge is -2.33. The first kappa shape index (κ1) is 24.5. The van der Waals surface area contributed by atoms with Crippen molar-refractivity contribution < 1.29 is 18.7 Å². The average molecular weight is 506 g/mol. The molecule has 3 heterocycles. The molecule has 1 atom stereocenters. The van der Waals surface area contributed by atoms with Gasteiger partial charge in [0.1, 0.15) is 11.9 Å². The number of rotatable bonds is 5. The van der Waals surface area contributed by atoms with Crippen LogP contribution in [-0.4, -0.2) is 58.3 Å². The summed E-state index contributed by atoms with van der Waals surface area (Å²) >= 11 is 0. The van der Waals surface area contributed by atoms with E-state index in [2.05, 4.69) is 20.5 Å². The number of fused-ring (bicyclic) bond motifs is 2. The molecule has 1 aliphatic heterocycles. The Hall–Kier alpha value is -4.21. The van der Waals surface area contributed by atoms with Crippen molar-refractivity contribution in [3.05, 3.63) is 75.5 Å². The predicted molar refractivity (Wildman–Crippen MR) is 137 cm³/mol. The summed E-state index contributed by atoms with van der Waals surface area (Å²) in [4.78, 5) is 42.6. The highest BCUT2D eigenvalue weighted by Crippen LogP contribution is 2.28. The summed E-state index contributed by atoms with van der Waals surface area (Å²) in [6, 6.07) is 8.83. The number of halogens is 1. The first-order valence-corrected chi connectivity index (χ1v) is 12.2. The molecule has 3 N–H and O–H groups in total. The Morgan fingerprint density at radius 3 is 2.73 bits per heavy atom. The lowest BCUT2D eigenvalue weighted by atomic mass is 9.89. The molecule has 9 nitrogen and oxygen atoms in total. The quantitative estimate of drug-likeness (QED) is 0.359. The third-order valence-electron chi connectivity index (χ3n) is 7.09. The van der Waals surface area contributed by atoms with E-state index in [0.29, 0.717) is 37.0 Å². The van der Waals surface area contributed by atoms with Gasteiger partial charge in [0, 0.05) is 30.5 Å². The number of pyridine rings is 1. The summed E-state index contributed by atoms with van der Waals surface area (Å²) in [5, 5.41) is 11.5. The molecular weight excluding hydrogens is 477 g/mol. The normalized spacial score (nSPS) is 15.2. The van der Waals surface area contributed by atoms with E-state index in [4.69, 9.17) is 4.74 Å². The Balaban J connectivity index is 1.25. The first-order chi connectivity index (χ1) is 17.8. The van der Waals surface area contributed by atoms with Crippen LogP contribution in [0.15, 0.2) is 47.4 Å². The number of aromatic amines is 2. The lowest BCUT2D eigenvalue weighted by molar-refractivity contribution is -0.142. The zero-order valence-electron chi connectivity index (χ0n) is 20.6. The van der Waals surface area contributed by atoms with E-state index < -0.39 is 17.8 Å². The van der Waals surface area contributed by atoms with Crippen molar-refractivity contribution in [1.29, 1.82) is 0 Å². The highest BCUT2D eigenvalue weighted by Gasteiger charge is 2.29. The van der Waals surface area contributed by atoms with Gasteiger partial charge in [0.05, 0.1) is 24.3 Å². The molecule has 1 fully saturated rings. The number of ether oxygens (including phenoxy) is 1. The number of piperidine rings is 1. The fourth-order valence-electron chi connectivity index (χ4n) is 5.13. The second-order valence-corrected chi connectivity index (χ2v) is 9.52. The summed E-state index contributed by atoms with van der Waals surface area (Å²) in [7, 11) is 1.30. The van der Waals surface area contributed by atoms with E-state index in [1.54, 1.807) is 23.2 Å². The number of aryl methyl sites for hydroxylation is 1. The molecule has 5 rings (SSSR count). The van der Waals surface area contributed by atoms with Crippen molar-refractivity contribution in [2.45, 2.75) is 38.1 Å². The molecule has 1 aliphatic rings. The summed E-state index contributed by atoms with van der Waals surface area (Å²) < 4.78 is 18.4. The monoisotopic (exact) mass is 505 g/mol. The van der Waals surface area contributed by atoms with Gasteiger partial charge in [-0.1, -0.05) is 6.07 Å². The van der Waals surface area contributed by atoms with Gasteiger partial charge in [0.15, 0.2) is 0 Å². The number of nitrogens with zero attached hydrogens (tertiary/aromatic N) is 2. The molecule has 2 amide bonds. The molecule has 0 aliphatic carbocycles. The van der Waals surface area contributed by atoms with Crippen molar-refractivity contribution in [2.75, 3.05) is 20.2 Å². The maximum Gasteiger partial charge on any atom is 0.328 e. The van der Waals surface area contributed by atoms with Crippen LogP contribution in [0.3, 0.4) is 0 Å². The van der Waals surface area contributed by atoms with Crippen molar-refractivity contribution in [3.8, 4) is 0 Å². The second-order valence-electron chi connectivity index (χ2n) is 9.52. The van der Waals surface area contributed by atoms with Gasteiger partial charge in [-0.05, 0) is 72.5 Å². The fourth-order valence-corrected chi connectivity index (χ4v) is 5.13. The van der Waals surface area contributed by atoms with E-state index in [0.717, 1.165) is 27.4 Å². The van der Waals surface area contributed by atoms with Crippen LogP contribution in [0.25, 0.3) is 21.8 Å². The maximum atomic E-state index is 13.5. The molecule has 2 aromatic carbocycles. The number of hydrogen-bond donors (Lipinski definition) is 3. The summed E-state index contributed by atoms with van der Waals surface area (Å²) in [6.45, 7) is 2.83. The number of amides is 2. The topological polar surface area (TPSA) is 120 Å². The van der Waals surface area contributed by atoms with E-state index in [9.17, 15) is 18.8 Å². The number of methoxy groups -OCH3 is 1. The van der Waals surface area contributed by atoms with Crippen molar-refractivity contribution >= 4 is 33.8 Å². The Labute approximate surface area is 212 Å². The van der Waals surface area contributed by atoms with Crippen molar-refractivity contribution in [3.63, 3.8) is 0 Å². The van der Waals surface area contributed by atoms with E-state index in [1.807, 2.05) is 19.1 Å². The molecule has 192 valence electrons. The van der Waals surface area contributed by atoms with E-state index in [-0.39, 0.29) is 23.9 Å². The number of carbonyl (C=O) groups is 2. The summed E-state index contributed by atoms with van der Waals surface area (Å²) in [5.74, 6) is -0.951. The minimum absolute atomic E-state index is 0.0247. The third kappa shape index (κ3) is 5.04. The van der Waals surface area contributed by atoms with Gasteiger partial charge in [0.25, 0.3) is 5.56 Å². The van der Waals surface area contributed by atoms with Gasteiger partial charge in [-0.2, -0.15) is 5.10 Å². The van der Waals surface area contributed by atoms with E-state index in [1.165, 1.54) is 19.2 Å². The van der Waals surface area contributed by atoms with Crippen LogP contribution in [0.2, 0.25) is 0 Å². The Kier molecular flexibility index (Phi) is 6.64. The molecular formula is C27H28FN5O4. The zero-order valence-corrected chi connectivity index (χ0v) is 20.6. The van der Waals surface area contributed by atoms with Crippen LogP contribution < -0.4 is 10.9 Å². The molecule has 2 aromatic heterocycles. The molecule has 0 radical (unpaired) electrons. The Morgan fingerprint density at radius 1 is 1.19 bits per heavy atom. The molecule has 37 heavy (non-hydrogen) atoms. The van der Waals surface area contributed by atoms with Gasteiger partial charge >= 0.3 is 12.0 Å². The predicted octanol–water partition coefficient (Wildman–Crippen LogP) is 3.53. The Morgan fingerprint density at radius 2 is 1.97 bits per heavy atom. The van der Waals surface area contributed by atoms with Crippen LogP contribution in [0.4, 0.5) is 9.18 Å². The average Bonchev–Trinajstić information content (AvgIpc) is 3.37. The lowest BCUT2D eigenvalue weighted by Crippen LogP contribution is -2.51. The number of H-pyrrole nitrogens is 2. The van der Waals surface area contributed by atoms with Crippen molar-refractivity contribution in [2.24, 2.45) is 0 Å². The van der Waals surface area contributed by atoms with Gasteiger partial charge in [-0.3, -0.25) is 9.89 Å². The number of nitrogens with one attached hydrogen (secondary N) is 3. The highest BCUT2D eigenvalue weighted by atomic mass is 19.1. The largest absolute Gasteiger partial charge is 0.467 e. The number of benzene rings is 2. The Bertz CT molecular complexity index is 1540. The maximum absolute atomic E-state index is 13.5. The molecule has 0 spiro atoms. The van der Waals surface area contributed by atoms with Gasteiger partial charge in [-0.15, -0.1) is 0 Å². The standard InChI is InChI=1S/C27H28FN5O4/c1-15-9-16(10-19-14-29-32-24(15)19)11-23(26(35)37-2)31-27(36)33-7-5-17(6-8-33)21-12-18-3-4-20(28)13-22(18)30-25(21)34/h3-4,9-10,12-14,17,23H,5-8,11H2,1-2H3,(H,29,32)(H,30,34)(H,31,36)/t23-/m1/s1. The zero-order chi connectivity index (χ0) is 26.1. The SMILES string of the molecule is COC(=O)[C@@H](Cc1cc(C)c2[nH]ncc2c1)NC(=O)N1CCC(c2cc3ccc(F)cc3[nH]c2=O)CC1. The molecule has 4 aromatic rings. The number of urea groups is 1. The van der Waals surface area contributed by atoms with Crippen LogP contribution in [0.5, 0.6) is 0 Å². The van der Waals surface area contributed by atoms with Gasteiger partial charge in [-0.25, -0.2) is 14.0 Å². The smallest absolute Gasteiger partial charge is 0.328 e. The minimum atomic E-state index is -0.845. The molecule has 1 saturated heterocycles. The van der Waals surface area contributed by atoms with Gasteiger partial charge in [0.2, 0.25) is 0 Å². The number of likely N-dealkylation sites (tertiary alicyclic amines) is 1. The molecule has 0 saturated carbocycles. The van der Waals surface area contributed by atoms with Crippen LogP contribution in [0.1, 0.15) is 35.4 Å². The molecule has 0 unspecified atom stereocenters. The number of aromatic nitrogens is 3. The fraction of sp³-hybridized carbons (Fsp3) is 0.333. The number of esters is 1. The molecule has 10 heteroatoms. The number of hydrogen-bond acceptors (Lipinski definition) is 5. The highest BCUT2D eigenvalue weighted by molar-refractivity contribution is 5.85. The summed E-state index contributed by atoms with van der Waals surface area (Å²) in [6.07, 6.45) is 3.20. The van der Waals surface area contributed by atoms with Crippen LogP contribution in [-0.2, 0) is 16.0 Å². The third-order valence-corrected chi connectivity index (χ3v) is 7.09.